The van der Waals surface area contributed by atoms with Gasteiger partial charge < -0.3 is 4.90 Å². The molecule has 1 fully saturated rings. The van der Waals surface area contributed by atoms with Crippen molar-refractivity contribution >= 4 is 0 Å². The van der Waals surface area contributed by atoms with Crippen molar-refractivity contribution in [3.63, 3.8) is 0 Å². The smallest absolute Gasteiger partial charge is 0.00190 e. The molecule has 1 saturated heterocycles. The van der Waals surface area contributed by atoms with Crippen molar-refractivity contribution in [2.75, 3.05) is 20.1 Å². The summed E-state index contributed by atoms with van der Waals surface area (Å²) in [5.74, 6) is 1.57. The molecule has 1 heterocycles. The molecule has 0 aromatic heterocycles. The van der Waals surface area contributed by atoms with Gasteiger partial charge in [-0.05, 0) is 51.2 Å². The Morgan fingerprint density at radius 2 is 1.92 bits per heavy atom. The van der Waals surface area contributed by atoms with E-state index in [0.29, 0.717) is 5.92 Å². The fourth-order valence-corrected chi connectivity index (χ4v) is 1.87. The summed E-state index contributed by atoms with van der Waals surface area (Å²) in [6.07, 6.45) is 3.98. The van der Waals surface area contributed by atoms with E-state index in [1.54, 1.807) is 0 Å². The van der Waals surface area contributed by atoms with E-state index in [4.69, 9.17) is 0 Å². The highest BCUT2D eigenvalue weighted by molar-refractivity contribution is 4.99. The number of hydrogen-bond acceptors (Lipinski definition) is 1. The molecule has 0 N–H and O–H groups in total. The predicted octanol–water partition coefficient (Wildman–Crippen LogP) is 2.93. The molecule has 0 unspecified atom stereocenters. The third-order valence-corrected chi connectivity index (χ3v) is 3.21. The van der Waals surface area contributed by atoms with Crippen molar-refractivity contribution in [2.24, 2.45) is 11.8 Å². The van der Waals surface area contributed by atoms with Crippen molar-refractivity contribution in [3.05, 3.63) is 12.2 Å². The van der Waals surface area contributed by atoms with Crippen LogP contribution < -0.4 is 0 Å². The predicted molar refractivity (Wildman–Crippen MR) is 58.8 cm³/mol. The largest absolute Gasteiger partial charge is 0.306 e. The van der Waals surface area contributed by atoms with Gasteiger partial charge in [0.2, 0.25) is 0 Å². The van der Waals surface area contributed by atoms with Crippen LogP contribution in [0.25, 0.3) is 0 Å². The molecule has 1 heteroatoms. The second-order valence-corrected chi connectivity index (χ2v) is 4.76. The van der Waals surface area contributed by atoms with Gasteiger partial charge in [0.1, 0.15) is 0 Å². The van der Waals surface area contributed by atoms with Crippen LogP contribution >= 0.6 is 0 Å². The van der Waals surface area contributed by atoms with Crippen LogP contribution in [-0.4, -0.2) is 25.0 Å². The van der Waals surface area contributed by atoms with Crippen LogP contribution in [0.15, 0.2) is 12.2 Å². The SMILES string of the molecule is C=C(CC1CCN(C)CC1)C(C)C. The molecule has 1 nitrogen and oxygen atoms in total. The summed E-state index contributed by atoms with van der Waals surface area (Å²) in [7, 11) is 2.22. The number of hydrogen-bond donors (Lipinski definition) is 0. The molecular formula is C12H23N. The van der Waals surface area contributed by atoms with Crippen LogP contribution in [0.5, 0.6) is 0 Å². The Morgan fingerprint density at radius 1 is 1.38 bits per heavy atom. The molecule has 0 aromatic carbocycles. The minimum Gasteiger partial charge on any atom is -0.306 e. The molecule has 13 heavy (non-hydrogen) atoms. The summed E-state index contributed by atoms with van der Waals surface area (Å²) in [5, 5.41) is 0. The molecule has 0 aliphatic carbocycles. The maximum atomic E-state index is 4.15. The molecule has 0 radical (unpaired) electrons. The lowest BCUT2D eigenvalue weighted by Gasteiger charge is -2.29. The van der Waals surface area contributed by atoms with Gasteiger partial charge in [0.15, 0.2) is 0 Å². The number of likely N-dealkylation sites (tertiary alicyclic amines) is 1. The first-order chi connectivity index (χ1) is 6.09. The molecular weight excluding hydrogens is 158 g/mol. The summed E-state index contributed by atoms with van der Waals surface area (Å²) in [5.41, 5.74) is 1.44. The van der Waals surface area contributed by atoms with Crippen molar-refractivity contribution < 1.29 is 0 Å². The standard InChI is InChI=1S/C12H23N/c1-10(2)11(3)9-12-5-7-13(4)8-6-12/h10,12H,3,5-9H2,1-2,4H3. The minimum atomic E-state index is 0.666. The zero-order valence-corrected chi connectivity index (χ0v) is 9.34. The molecule has 1 aliphatic rings. The maximum Gasteiger partial charge on any atom is -0.00190 e. The molecule has 0 aromatic rings. The highest BCUT2D eigenvalue weighted by Gasteiger charge is 2.17. The second-order valence-electron chi connectivity index (χ2n) is 4.76. The van der Waals surface area contributed by atoms with Crippen molar-refractivity contribution in [1.82, 2.24) is 4.90 Å². The lowest BCUT2D eigenvalue weighted by molar-refractivity contribution is 0.217. The Labute approximate surface area is 82.8 Å². The van der Waals surface area contributed by atoms with Crippen molar-refractivity contribution in [1.29, 1.82) is 0 Å². The van der Waals surface area contributed by atoms with Crippen LogP contribution in [0, 0.1) is 11.8 Å². The maximum absolute atomic E-state index is 4.15. The minimum absolute atomic E-state index is 0.666. The van der Waals surface area contributed by atoms with Gasteiger partial charge >= 0.3 is 0 Å². The first-order valence-electron chi connectivity index (χ1n) is 5.45. The highest BCUT2D eigenvalue weighted by Crippen LogP contribution is 2.25. The van der Waals surface area contributed by atoms with Gasteiger partial charge in [-0.1, -0.05) is 26.0 Å². The van der Waals surface area contributed by atoms with Gasteiger partial charge in [-0.25, -0.2) is 0 Å². The molecule has 0 bridgehead atoms. The molecule has 0 atom stereocenters. The first-order valence-corrected chi connectivity index (χ1v) is 5.45. The fraction of sp³-hybridized carbons (Fsp3) is 0.833. The van der Waals surface area contributed by atoms with Crippen molar-refractivity contribution in [3.8, 4) is 0 Å². The molecule has 1 aliphatic heterocycles. The van der Waals surface area contributed by atoms with Gasteiger partial charge in [-0.3, -0.25) is 0 Å². The van der Waals surface area contributed by atoms with Gasteiger partial charge in [0.05, 0.1) is 0 Å². The summed E-state index contributed by atoms with van der Waals surface area (Å²) < 4.78 is 0. The van der Waals surface area contributed by atoms with Gasteiger partial charge in [-0.15, -0.1) is 0 Å². The second kappa shape index (κ2) is 4.80. The Kier molecular flexibility index (Phi) is 3.98. The average Bonchev–Trinajstić information content (AvgIpc) is 2.08. The highest BCUT2D eigenvalue weighted by atomic mass is 15.1. The van der Waals surface area contributed by atoms with E-state index in [2.05, 4.69) is 32.4 Å². The quantitative estimate of drug-likeness (QED) is 0.605. The van der Waals surface area contributed by atoms with E-state index in [1.165, 1.54) is 37.9 Å². The van der Waals surface area contributed by atoms with E-state index < -0.39 is 0 Å². The average molecular weight is 181 g/mol. The van der Waals surface area contributed by atoms with Gasteiger partial charge in [0.25, 0.3) is 0 Å². The number of allylic oxidation sites excluding steroid dienone is 1. The Bertz CT molecular complexity index is 164. The first kappa shape index (κ1) is 10.8. The zero-order valence-electron chi connectivity index (χ0n) is 9.34. The normalized spacial score (nSPS) is 20.9. The van der Waals surface area contributed by atoms with Gasteiger partial charge in [0, 0.05) is 0 Å². The third-order valence-electron chi connectivity index (χ3n) is 3.21. The zero-order chi connectivity index (χ0) is 9.84. The lowest BCUT2D eigenvalue weighted by Crippen LogP contribution is -2.30. The molecule has 0 saturated carbocycles. The number of rotatable bonds is 3. The lowest BCUT2D eigenvalue weighted by atomic mass is 9.87. The monoisotopic (exact) mass is 181 g/mol. The van der Waals surface area contributed by atoms with Crippen LogP contribution in [0.4, 0.5) is 0 Å². The number of piperidine rings is 1. The van der Waals surface area contributed by atoms with Crippen LogP contribution in [0.1, 0.15) is 33.1 Å². The van der Waals surface area contributed by atoms with Crippen LogP contribution in [-0.2, 0) is 0 Å². The fourth-order valence-electron chi connectivity index (χ4n) is 1.87. The molecule has 0 amide bonds. The Hall–Kier alpha value is -0.300. The summed E-state index contributed by atoms with van der Waals surface area (Å²) in [4.78, 5) is 2.43. The Morgan fingerprint density at radius 3 is 2.38 bits per heavy atom. The number of nitrogens with zero attached hydrogens (tertiary/aromatic N) is 1. The van der Waals surface area contributed by atoms with E-state index in [0.717, 1.165) is 5.92 Å². The Balaban J connectivity index is 2.26. The van der Waals surface area contributed by atoms with Crippen LogP contribution in [0.2, 0.25) is 0 Å². The van der Waals surface area contributed by atoms with Crippen LogP contribution in [0.3, 0.4) is 0 Å². The molecule has 76 valence electrons. The molecule has 1 rings (SSSR count). The third kappa shape index (κ3) is 3.51. The van der Waals surface area contributed by atoms with E-state index in [1.807, 2.05) is 0 Å². The summed E-state index contributed by atoms with van der Waals surface area (Å²) in [6, 6.07) is 0. The summed E-state index contributed by atoms with van der Waals surface area (Å²) in [6.45, 7) is 11.2. The van der Waals surface area contributed by atoms with Crippen molar-refractivity contribution in [2.45, 2.75) is 33.1 Å². The van der Waals surface area contributed by atoms with E-state index in [9.17, 15) is 0 Å². The van der Waals surface area contributed by atoms with E-state index >= 15 is 0 Å². The molecule has 0 spiro atoms. The van der Waals surface area contributed by atoms with Gasteiger partial charge in [-0.2, -0.15) is 0 Å². The summed E-state index contributed by atoms with van der Waals surface area (Å²) >= 11 is 0. The van der Waals surface area contributed by atoms with E-state index in [-0.39, 0.29) is 0 Å². The topological polar surface area (TPSA) is 3.24 Å².